The van der Waals surface area contributed by atoms with E-state index in [1.807, 2.05) is 25.1 Å². The maximum Gasteiger partial charge on any atom is 0.251 e. The zero-order valence-electron chi connectivity index (χ0n) is 12.4. The fourth-order valence-electron chi connectivity index (χ4n) is 3.02. The summed E-state index contributed by atoms with van der Waals surface area (Å²) in [5, 5.41) is 11.9. The summed E-state index contributed by atoms with van der Waals surface area (Å²) >= 11 is 0. The molecule has 0 saturated heterocycles. The van der Waals surface area contributed by atoms with Crippen molar-refractivity contribution in [1.82, 2.24) is 5.32 Å². The predicted octanol–water partition coefficient (Wildman–Crippen LogP) is 2.26. The number of hydrogen-bond acceptors (Lipinski definition) is 2. The molecule has 0 radical (unpaired) electrons. The monoisotopic (exact) mass is 283 g/mol. The van der Waals surface area contributed by atoms with Crippen molar-refractivity contribution in [3.05, 3.63) is 34.9 Å². The maximum absolute atomic E-state index is 12.4. The van der Waals surface area contributed by atoms with Crippen LogP contribution < -0.4 is 5.32 Å². The van der Waals surface area contributed by atoms with Gasteiger partial charge in [-0.05, 0) is 61.6 Å². The number of aryl methyl sites for hydroxylation is 1. The lowest BCUT2D eigenvalue weighted by molar-refractivity contribution is 0.0942. The molecule has 2 aliphatic carbocycles. The Bertz CT molecular complexity index is 616. The van der Waals surface area contributed by atoms with Crippen molar-refractivity contribution < 1.29 is 9.90 Å². The third kappa shape index (κ3) is 3.11. The molecule has 0 aliphatic heterocycles. The molecule has 3 heteroatoms. The molecule has 1 amide bonds. The summed E-state index contributed by atoms with van der Waals surface area (Å²) in [6, 6.07) is 5.59. The van der Waals surface area contributed by atoms with E-state index in [4.69, 9.17) is 5.11 Å². The highest BCUT2D eigenvalue weighted by atomic mass is 16.2. The lowest BCUT2D eigenvalue weighted by atomic mass is 10.00. The minimum atomic E-state index is -0.167. The smallest absolute Gasteiger partial charge is 0.251 e. The van der Waals surface area contributed by atoms with E-state index in [-0.39, 0.29) is 12.5 Å². The summed E-state index contributed by atoms with van der Waals surface area (Å²) in [4.78, 5) is 12.4. The first-order valence-corrected chi connectivity index (χ1v) is 7.63. The van der Waals surface area contributed by atoms with Crippen LogP contribution >= 0.6 is 0 Å². The highest BCUT2D eigenvalue weighted by molar-refractivity contribution is 5.96. The second kappa shape index (κ2) is 5.54. The predicted molar refractivity (Wildman–Crippen MR) is 81.9 cm³/mol. The Labute approximate surface area is 125 Å². The number of nitrogens with one attached hydrogen (secondary N) is 1. The summed E-state index contributed by atoms with van der Waals surface area (Å²) < 4.78 is 0. The van der Waals surface area contributed by atoms with Crippen LogP contribution in [0.4, 0.5) is 0 Å². The van der Waals surface area contributed by atoms with E-state index >= 15 is 0 Å². The van der Waals surface area contributed by atoms with Crippen LogP contribution in [0.1, 0.15) is 47.2 Å². The lowest BCUT2D eigenvalue weighted by Crippen LogP contribution is -2.31. The highest BCUT2D eigenvalue weighted by Gasteiger charge is 2.53. The van der Waals surface area contributed by atoms with Crippen LogP contribution in [-0.2, 0) is 0 Å². The molecule has 3 rings (SSSR count). The molecular formula is C18H21NO2. The van der Waals surface area contributed by atoms with Crippen LogP contribution in [0.25, 0.3) is 0 Å². The third-order valence-electron chi connectivity index (χ3n) is 4.73. The molecule has 2 fully saturated rings. The zero-order chi connectivity index (χ0) is 14.9. The Hall–Kier alpha value is -1.79. The van der Waals surface area contributed by atoms with E-state index in [9.17, 15) is 4.79 Å². The van der Waals surface area contributed by atoms with E-state index < -0.39 is 0 Å². The van der Waals surface area contributed by atoms with Crippen LogP contribution in [-0.4, -0.2) is 24.2 Å². The number of hydrogen-bond donors (Lipinski definition) is 2. The molecule has 0 spiro atoms. The Balaban J connectivity index is 1.68. The van der Waals surface area contributed by atoms with Gasteiger partial charge in [0.15, 0.2) is 0 Å². The Morgan fingerprint density at radius 1 is 1.43 bits per heavy atom. The molecule has 0 atom stereocenters. The van der Waals surface area contributed by atoms with Crippen LogP contribution in [0, 0.1) is 30.1 Å². The van der Waals surface area contributed by atoms with E-state index in [2.05, 4.69) is 17.2 Å². The van der Waals surface area contributed by atoms with E-state index in [0.29, 0.717) is 11.0 Å². The normalized spacial score (nSPS) is 18.6. The Morgan fingerprint density at radius 3 is 2.81 bits per heavy atom. The summed E-state index contributed by atoms with van der Waals surface area (Å²) in [7, 11) is 0. The van der Waals surface area contributed by atoms with Gasteiger partial charge >= 0.3 is 0 Å². The van der Waals surface area contributed by atoms with Gasteiger partial charge in [-0.3, -0.25) is 4.79 Å². The molecular weight excluding hydrogens is 262 g/mol. The van der Waals surface area contributed by atoms with Gasteiger partial charge in [0.05, 0.1) is 0 Å². The van der Waals surface area contributed by atoms with Crippen molar-refractivity contribution >= 4 is 5.91 Å². The minimum absolute atomic E-state index is 0.00734. The molecule has 2 aliphatic rings. The molecule has 1 aromatic rings. The van der Waals surface area contributed by atoms with Crippen LogP contribution in [0.2, 0.25) is 0 Å². The van der Waals surface area contributed by atoms with Gasteiger partial charge in [0.2, 0.25) is 0 Å². The van der Waals surface area contributed by atoms with Crippen LogP contribution in [0.15, 0.2) is 18.2 Å². The topological polar surface area (TPSA) is 49.3 Å². The van der Waals surface area contributed by atoms with Crippen LogP contribution in [0.5, 0.6) is 0 Å². The average Bonchev–Trinajstić information content (AvgIpc) is 3.36. The number of carbonyl (C=O) groups is 1. The summed E-state index contributed by atoms with van der Waals surface area (Å²) in [6.45, 7) is 2.58. The Morgan fingerprint density at radius 2 is 2.19 bits per heavy atom. The fourth-order valence-corrected chi connectivity index (χ4v) is 3.02. The molecule has 0 bridgehead atoms. The second-order valence-corrected chi connectivity index (χ2v) is 6.31. The molecule has 1 aromatic carbocycles. The maximum atomic E-state index is 12.4. The van der Waals surface area contributed by atoms with Crippen molar-refractivity contribution in [3.63, 3.8) is 0 Å². The van der Waals surface area contributed by atoms with Gasteiger partial charge in [0.25, 0.3) is 5.91 Å². The highest BCUT2D eigenvalue weighted by Crippen LogP contribution is 2.60. The average molecular weight is 283 g/mol. The van der Waals surface area contributed by atoms with Crippen molar-refractivity contribution in [2.24, 2.45) is 11.3 Å². The number of rotatable bonds is 4. The van der Waals surface area contributed by atoms with E-state index in [1.165, 1.54) is 25.7 Å². The molecule has 2 N–H and O–H groups in total. The second-order valence-electron chi connectivity index (χ2n) is 6.31. The molecule has 0 aromatic heterocycles. The van der Waals surface area contributed by atoms with E-state index in [1.54, 1.807) is 0 Å². The van der Waals surface area contributed by atoms with Crippen LogP contribution in [0.3, 0.4) is 0 Å². The lowest BCUT2D eigenvalue weighted by Gasteiger charge is -2.15. The minimum Gasteiger partial charge on any atom is -0.384 e. The first kappa shape index (κ1) is 14.2. The van der Waals surface area contributed by atoms with Gasteiger partial charge in [0, 0.05) is 17.7 Å². The Kier molecular flexibility index (Phi) is 3.73. The SMILES string of the molecule is Cc1ccc(C#CCO)cc1C(=O)NCC1(C2CC2)CC1. The van der Waals surface area contributed by atoms with Gasteiger partial charge in [-0.15, -0.1) is 0 Å². The molecule has 2 saturated carbocycles. The number of amides is 1. The van der Waals surface area contributed by atoms with Gasteiger partial charge in [-0.2, -0.15) is 0 Å². The molecule has 3 nitrogen and oxygen atoms in total. The summed E-state index contributed by atoms with van der Waals surface area (Å²) in [6.07, 6.45) is 5.19. The molecule has 110 valence electrons. The molecule has 0 unspecified atom stereocenters. The quantitative estimate of drug-likeness (QED) is 0.833. The first-order chi connectivity index (χ1) is 10.1. The van der Waals surface area contributed by atoms with Crippen molar-refractivity contribution in [1.29, 1.82) is 0 Å². The first-order valence-electron chi connectivity index (χ1n) is 7.63. The number of carbonyl (C=O) groups excluding carboxylic acids is 1. The van der Waals surface area contributed by atoms with E-state index in [0.717, 1.165) is 23.6 Å². The number of aliphatic hydroxyl groups is 1. The standard InChI is InChI=1S/C18H21NO2/c1-13-4-5-14(3-2-10-20)11-16(13)17(21)19-12-18(8-9-18)15-6-7-15/h4-5,11,15,20H,6-10,12H2,1H3,(H,19,21). The van der Waals surface area contributed by atoms with Crippen molar-refractivity contribution in [2.75, 3.05) is 13.2 Å². The zero-order valence-corrected chi connectivity index (χ0v) is 12.4. The fraction of sp³-hybridized carbons (Fsp3) is 0.500. The summed E-state index contributed by atoms with van der Waals surface area (Å²) in [5.74, 6) is 6.30. The largest absolute Gasteiger partial charge is 0.384 e. The van der Waals surface area contributed by atoms with Crippen molar-refractivity contribution in [2.45, 2.75) is 32.6 Å². The third-order valence-corrected chi connectivity index (χ3v) is 4.73. The molecule has 0 heterocycles. The summed E-state index contributed by atoms with van der Waals surface area (Å²) in [5.41, 5.74) is 2.82. The molecule has 21 heavy (non-hydrogen) atoms. The van der Waals surface area contributed by atoms with Gasteiger partial charge in [-0.1, -0.05) is 17.9 Å². The van der Waals surface area contributed by atoms with Gasteiger partial charge in [-0.25, -0.2) is 0 Å². The van der Waals surface area contributed by atoms with Gasteiger partial charge in [0.1, 0.15) is 6.61 Å². The van der Waals surface area contributed by atoms with Crippen molar-refractivity contribution in [3.8, 4) is 11.8 Å². The number of aliphatic hydroxyl groups excluding tert-OH is 1. The van der Waals surface area contributed by atoms with Gasteiger partial charge < -0.3 is 10.4 Å². The number of benzene rings is 1.